The summed E-state index contributed by atoms with van der Waals surface area (Å²) in [6.07, 6.45) is 8.37. The molecule has 0 aromatic heterocycles. The summed E-state index contributed by atoms with van der Waals surface area (Å²) in [7, 11) is 0. The molecule has 0 N–H and O–H groups in total. The third kappa shape index (κ3) is 1.84. The maximum atomic E-state index is 4.92. The molecule has 0 aromatic rings. The van der Waals surface area contributed by atoms with E-state index in [1.165, 1.54) is 11.1 Å². The molecule has 0 amide bonds. The predicted molar refractivity (Wildman–Crippen MR) is 45.0 cm³/mol. The van der Waals surface area contributed by atoms with Gasteiger partial charge in [0.05, 0.1) is 0 Å². The summed E-state index contributed by atoms with van der Waals surface area (Å²) in [5, 5.41) is 0. The average molecular weight is 192 g/mol. The fourth-order valence-corrected chi connectivity index (χ4v) is 1.62. The first kappa shape index (κ1) is 8.81. The molecule has 1 rings (SSSR count). The van der Waals surface area contributed by atoms with E-state index < -0.39 is 0 Å². The van der Waals surface area contributed by atoms with Crippen molar-refractivity contribution in [3.63, 3.8) is 0 Å². The van der Waals surface area contributed by atoms with E-state index in [9.17, 15) is 0 Å². The summed E-state index contributed by atoms with van der Waals surface area (Å²) in [6.45, 7) is 5.89. The van der Waals surface area contributed by atoms with Crippen LogP contribution in [-0.2, 0) is 15.5 Å². The van der Waals surface area contributed by atoms with E-state index in [1.807, 2.05) is 6.08 Å². The van der Waals surface area contributed by atoms with Gasteiger partial charge in [-0.05, 0) is 0 Å². The van der Waals surface area contributed by atoms with Crippen LogP contribution < -0.4 is 0 Å². The summed E-state index contributed by atoms with van der Waals surface area (Å²) >= 11 is 4.92. The third-order valence-corrected chi connectivity index (χ3v) is 2.53. The Labute approximate surface area is 76.4 Å². The van der Waals surface area contributed by atoms with Crippen LogP contribution >= 0.6 is 0 Å². The molecule has 0 nitrogen and oxygen atoms in total. The topological polar surface area (TPSA) is 0 Å². The standard InChI is InChI=1S/C10H13.Ni/c1-3-6-10-8-5-7-9(10)4-2;/h3,5-7H,1,4,8H2,2H3;. The Morgan fingerprint density at radius 2 is 2.55 bits per heavy atom. The zero-order valence-corrected chi connectivity index (χ0v) is 7.73. The molecule has 1 unspecified atom stereocenters. The Balaban J connectivity index is 2.78. The molecular weight excluding hydrogens is 179 g/mol. The van der Waals surface area contributed by atoms with Crippen LogP contribution in [0.4, 0.5) is 0 Å². The van der Waals surface area contributed by atoms with Crippen molar-refractivity contribution >= 4 is 0 Å². The molecule has 0 aromatic carbocycles. The van der Waals surface area contributed by atoms with Crippen molar-refractivity contribution in [3.05, 3.63) is 36.0 Å². The quantitative estimate of drug-likeness (QED) is 0.475. The second-order valence-corrected chi connectivity index (χ2v) is 3.22. The Hall–Kier alpha value is -0.286. The van der Waals surface area contributed by atoms with Crippen LogP contribution in [0.5, 0.6) is 0 Å². The van der Waals surface area contributed by atoms with Crippen molar-refractivity contribution in [2.45, 2.75) is 24.7 Å². The molecule has 0 bridgehead atoms. The van der Waals surface area contributed by atoms with Crippen LogP contribution in [-0.4, -0.2) is 0 Å². The molecule has 0 saturated carbocycles. The second-order valence-electron chi connectivity index (χ2n) is 2.61. The Morgan fingerprint density at radius 1 is 1.82 bits per heavy atom. The first-order valence-electron chi connectivity index (χ1n) is 3.91. The van der Waals surface area contributed by atoms with Gasteiger partial charge in [-0.2, -0.15) is 0 Å². The van der Waals surface area contributed by atoms with Gasteiger partial charge >= 0.3 is 76.1 Å². The van der Waals surface area contributed by atoms with Gasteiger partial charge in [0.2, 0.25) is 0 Å². The molecule has 0 heterocycles. The molecule has 0 saturated heterocycles. The SMILES string of the molecule is C=C[CH]([Ni])C1=C(CC)C=CC1. The monoisotopic (exact) mass is 191 g/mol. The fraction of sp³-hybridized carbons (Fsp3) is 0.400. The van der Waals surface area contributed by atoms with Crippen LogP contribution in [0.1, 0.15) is 19.8 Å². The van der Waals surface area contributed by atoms with E-state index in [4.69, 9.17) is 15.5 Å². The Bertz CT molecular complexity index is 211. The van der Waals surface area contributed by atoms with E-state index in [-0.39, 0.29) is 4.89 Å². The van der Waals surface area contributed by atoms with Gasteiger partial charge in [-0.25, -0.2) is 0 Å². The summed E-state index contributed by atoms with van der Waals surface area (Å²) < 4.78 is 0. The van der Waals surface area contributed by atoms with E-state index >= 15 is 0 Å². The van der Waals surface area contributed by atoms with Crippen LogP contribution in [0.3, 0.4) is 0 Å². The molecule has 0 spiro atoms. The van der Waals surface area contributed by atoms with Crippen LogP contribution in [0.2, 0.25) is 4.89 Å². The molecule has 0 radical (unpaired) electrons. The van der Waals surface area contributed by atoms with E-state index in [0.29, 0.717) is 0 Å². The molecule has 0 aliphatic heterocycles. The third-order valence-electron chi connectivity index (χ3n) is 1.95. The summed E-state index contributed by atoms with van der Waals surface area (Å²) in [5.41, 5.74) is 2.81. The summed E-state index contributed by atoms with van der Waals surface area (Å²) in [6, 6.07) is 0. The van der Waals surface area contributed by atoms with E-state index in [2.05, 4.69) is 25.7 Å². The van der Waals surface area contributed by atoms with E-state index in [1.54, 1.807) is 0 Å². The van der Waals surface area contributed by atoms with Gasteiger partial charge in [0.25, 0.3) is 0 Å². The molecule has 63 valence electrons. The van der Waals surface area contributed by atoms with Gasteiger partial charge in [-0.3, -0.25) is 0 Å². The van der Waals surface area contributed by atoms with Crippen molar-refractivity contribution in [3.8, 4) is 0 Å². The Kier molecular flexibility index (Phi) is 3.14. The molecule has 0 fully saturated rings. The van der Waals surface area contributed by atoms with Gasteiger partial charge in [-0.1, -0.05) is 0 Å². The normalized spacial score (nSPS) is 19.2. The molecule has 1 heteroatoms. The average Bonchev–Trinajstić information content (AvgIpc) is 2.50. The first-order valence-corrected chi connectivity index (χ1v) is 4.48. The molecular formula is C10H13Ni. The predicted octanol–water partition coefficient (Wildman–Crippen LogP) is 3.17. The van der Waals surface area contributed by atoms with Gasteiger partial charge in [-0.15, -0.1) is 0 Å². The number of hydrogen-bond acceptors (Lipinski definition) is 0. The maximum absolute atomic E-state index is 4.92. The van der Waals surface area contributed by atoms with Crippen molar-refractivity contribution in [1.29, 1.82) is 0 Å². The van der Waals surface area contributed by atoms with E-state index in [0.717, 1.165) is 12.8 Å². The first-order chi connectivity index (χ1) is 5.29. The van der Waals surface area contributed by atoms with Crippen molar-refractivity contribution < 1.29 is 15.5 Å². The number of rotatable bonds is 3. The van der Waals surface area contributed by atoms with Crippen molar-refractivity contribution in [1.82, 2.24) is 0 Å². The van der Waals surface area contributed by atoms with Crippen molar-refractivity contribution in [2.75, 3.05) is 0 Å². The zero-order valence-electron chi connectivity index (χ0n) is 6.75. The van der Waals surface area contributed by atoms with Gasteiger partial charge in [0.15, 0.2) is 0 Å². The number of hydrogen-bond donors (Lipinski definition) is 0. The summed E-state index contributed by atoms with van der Waals surface area (Å²) in [5.74, 6) is 0. The van der Waals surface area contributed by atoms with Crippen LogP contribution in [0.25, 0.3) is 0 Å². The zero-order chi connectivity index (χ0) is 8.27. The molecule has 1 atom stereocenters. The molecule has 1 aliphatic carbocycles. The van der Waals surface area contributed by atoms with Gasteiger partial charge < -0.3 is 0 Å². The minimum atomic E-state index is 0.181. The van der Waals surface area contributed by atoms with Crippen molar-refractivity contribution in [2.24, 2.45) is 0 Å². The second kappa shape index (κ2) is 3.92. The molecule has 11 heavy (non-hydrogen) atoms. The van der Waals surface area contributed by atoms with Gasteiger partial charge in [0, 0.05) is 0 Å². The van der Waals surface area contributed by atoms with Crippen LogP contribution in [0.15, 0.2) is 36.0 Å². The summed E-state index contributed by atoms with van der Waals surface area (Å²) in [4.78, 5) is 0.181. The Morgan fingerprint density at radius 3 is 3.09 bits per heavy atom. The fourth-order valence-electron chi connectivity index (χ4n) is 1.32. The van der Waals surface area contributed by atoms with Crippen LogP contribution in [0, 0.1) is 0 Å². The number of allylic oxidation sites excluding steroid dienone is 5. The van der Waals surface area contributed by atoms with Gasteiger partial charge in [0.1, 0.15) is 0 Å². The minimum absolute atomic E-state index is 0.181. The molecule has 1 aliphatic rings.